The van der Waals surface area contributed by atoms with Crippen molar-refractivity contribution in [1.29, 1.82) is 0 Å². The Morgan fingerprint density at radius 2 is 2.00 bits per heavy atom. The summed E-state index contributed by atoms with van der Waals surface area (Å²) in [5, 5.41) is 3.89. The second kappa shape index (κ2) is 4.30. The zero-order chi connectivity index (χ0) is 12.5. The van der Waals surface area contributed by atoms with Gasteiger partial charge in [0.05, 0.1) is 12.4 Å². The molecule has 90 valence electrons. The Kier molecular flexibility index (Phi) is 2.99. The summed E-state index contributed by atoms with van der Waals surface area (Å²) in [4.78, 5) is 7.13. The first-order valence-electron chi connectivity index (χ1n) is 4.47. The molecule has 17 heavy (non-hydrogen) atoms. The first kappa shape index (κ1) is 11.8. The van der Waals surface area contributed by atoms with Gasteiger partial charge in [0.15, 0.2) is 5.82 Å². The van der Waals surface area contributed by atoms with E-state index in [4.69, 9.17) is 11.6 Å². The number of halogens is 1. The number of aromatic nitrogens is 4. The predicted molar refractivity (Wildman–Crippen MR) is 61.1 cm³/mol. The second-order valence-corrected chi connectivity index (χ2v) is 5.19. The fourth-order valence-corrected chi connectivity index (χ4v) is 2.09. The molecular weight excluding hydrogens is 266 g/mol. The third-order valence-electron chi connectivity index (χ3n) is 1.86. The van der Waals surface area contributed by atoms with Gasteiger partial charge in [-0.25, -0.2) is 18.4 Å². The summed E-state index contributed by atoms with van der Waals surface area (Å²) in [5.41, 5.74) is 0. The quantitative estimate of drug-likeness (QED) is 0.830. The SMILES string of the molecule is Cn1ccc(NS(=O)(=O)c2cnc(Cl)nc2)n1. The summed E-state index contributed by atoms with van der Waals surface area (Å²) in [7, 11) is -2.04. The normalized spacial score (nSPS) is 11.4. The fourth-order valence-electron chi connectivity index (χ4n) is 1.11. The fraction of sp³-hybridized carbons (Fsp3) is 0.125. The van der Waals surface area contributed by atoms with Crippen LogP contribution in [0, 0.1) is 0 Å². The summed E-state index contributed by atoms with van der Waals surface area (Å²) in [6.07, 6.45) is 3.87. The average Bonchev–Trinajstić information content (AvgIpc) is 2.63. The molecule has 0 aliphatic rings. The molecule has 0 saturated carbocycles. The van der Waals surface area contributed by atoms with Crippen LogP contribution in [0.1, 0.15) is 0 Å². The van der Waals surface area contributed by atoms with E-state index in [1.54, 1.807) is 13.2 Å². The van der Waals surface area contributed by atoms with Gasteiger partial charge in [0.1, 0.15) is 4.90 Å². The van der Waals surface area contributed by atoms with Gasteiger partial charge in [-0.15, -0.1) is 0 Å². The van der Waals surface area contributed by atoms with Crippen molar-refractivity contribution in [3.05, 3.63) is 29.9 Å². The van der Waals surface area contributed by atoms with E-state index < -0.39 is 10.0 Å². The Morgan fingerprint density at radius 1 is 1.35 bits per heavy atom. The highest BCUT2D eigenvalue weighted by atomic mass is 35.5. The van der Waals surface area contributed by atoms with Crippen LogP contribution in [0.15, 0.2) is 29.6 Å². The summed E-state index contributed by atoms with van der Waals surface area (Å²) in [6, 6.07) is 1.54. The molecule has 2 rings (SSSR count). The molecule has 0 radical (unpaired) electrons. The van der Waals surface area contributed by atoms with Crippen molar-refractivity contribution in [2.75, 3.05) is 4.72 Å². The Hall–Kier alpha value is -1.67. The molecule has 0 unspecified atom stereocenters. The molecule has 2 aromatic rings. The molecule has 0 amide bonds. The van der Waals surface area contributed by atoms with Crippen LogP contribution in [0.25, 0.3) is 0 Å². The number of nitrogens with one attached hydrogen (secondary N) is 1. The molecule has 0 aliphatic heterocycles. The van der Waals surface area contributed by atoms with Crippen molar-refractivity contribution in [2.45, 2.75) is 4.90 Å². The third kappa shape index (κ3) is 2.71. The Labute approximate surface area is 103 Å². The van der Waals surface area contributed by atoms with E-state index in [1.807, 2.05) is 0 Å². The third-order valence-corrected chi connectivity index (χ3v) is 3.36. The van der Waals surface area contributed by atoms with Crippen LogP contribution in [0.3, 0.4) is 0 Å². The predicted octanol–water partition coefficient (Wildman–Crippen LogP) is 0.664. The van der Waals surface area contributed by atoms with Crippen LogP contribution in [0.5, 0.6) is 0 Å². The number of hydrogen-bond donors (Lipinski definition) is 1. The molecular formula is C8H8ClN5O2S. The number of rotatable bonds is 3. The van der Waals surface area contributed by atoms with E-state index in [9.17, 15) is 8.42 Å². The van der Waals surface area contributed by atoms with E-state index in [-0.39, 0.29) is 16.0 Å². The monoisotopic (exact) mass is 273 g/mol. The molecule has 9 heteroatoms. The molecule has 0 aliphatic carbocycles. The van der Waals surface area contributed by atoms with Crippen molar-refractivity contribution in [3.63, 3.8) is 0 Å². The zero-order valence-corrected chi connectivity index (χ0v) is 10.3. The molecule has 2 heterocycles. The highest BCUT2D eigenvalue weighted by Crippen LogP contribution is 2.13. The number of sulfonamides is 1. The number of nitrogens with zero attached hydrogens (tertiary/aromatic N) is 4. The first-order valence-corrected chi connectivity index (χ1v) is 6.33. The maximum atomic E-state index is 11.8. The Balaban J connectivity index is 2.28. The van der Waals surface area contributed by atoms with Crippen molar-refractivity contribution >= 4 is 27.4 Å². The van der Waals surface area contributed by atoms with Gasteiger partial charge in [-0.1, -0.05) is 0 Å². The largest absolute Gasteiger partial charge is 0.274 e. The highest BCUT2D eigenvalue weighted by molar-refractivity contribution is 7.92. The lowest BCUT2D eigenvalue weighted by Crippen LogP contribution is -2.14. The van der Waals surface area contributed by atoms with Crippen LogP contribution in [-0.2, 0) is 17.1 Å². The van der Waals surface area contributed by atoms with Crippen LogP contribution < -0.4 is 4.72 Å². The van der Waals surface area contributed by atoms with Crippen LogP contribution >= 0.6 is 11.6 Å². The zero-order valence-electron chi connectivity index (χ0n) is 8.70. The molecule has 0 atom stereocenters. The van der Waals surface area contributed by atoms with Gasteiger partial charge in [0.2, 0.25) is 5.28 Å². The molecule has 0 bridgehead atoms. The minimum atomic E-state index is -3.73. The standard InChI is InChI=1S/C8H8ClN5O2S/c1-14-3-2-7(12-14)13-17(15,16)6-4-10-8(9)11-5-6/h2-5H,1H3,(H,12,13). The van der Waals surface area contributed by atoms with Gasteiger partial charge in [-0.3, -0.25) is 9.40 Å². The topological polar surface area (TPSA) is 89.8 Å². The molecule has 0 spiro atoms. The van der Waals surface area contributed by atoms with Crippen LogP contribution in [0.2, 0.25) is 5.28 Å². The van der Waals surface area contributed by atoms with Crippen molar-refractivity contribution in [2.24, 2.45) is 7.05 Å². The Bertz CT molecular complexity index is 622. The molecule has 7 nitrogen and oxygen atoms in total. The summed E-state index contributed by atoms with van der Waals surface area (Å²) < 4.78 is 27.5. The van der Waals surface area contributed by atoms with Crippen molar-refractivity contribution in [1.82, 2.24) is 19.7 Å². The van der Waals surface area contributed by atoms with E-state index >= 15 is 0 Å². The lowest BCUT2D eigenvalue weighted by molar-refractivity contribution is 0.600. The number of aryl methyl sites for hydroxylation is 1. The smallest absolute Gasteiger partial charge is 0.266 e. The molecule has 0 aromatic carbocycles. The van der Waals surface area contributed by atoms with Crippen molar-refractivity contribution in [3.8, 4) is 0 Å². The van der Waals surface area contributed by atoms with E-state index in [0.717, 1.165) is 12.4 Å². The number of hydrogen-bond acceptors (Lipinski definition) is 5. The lowest BCUT2D eigenvalue weighted by Gasteiger charge is -2.03. The second-order valence-electron chi connectivity index (χ2n) is 3.17. The minimum absolute atomic E-state index is 0.0122. The average molecular weight is 274 g/mol. The molecule has 1 N–H and O–H groups in total. The highest BCUT2D eigenvalue weighted by Gasteiger charge is 2.16. The van der Waals surface area contributed by atoms with Gasteiger partial charge in [-0.05, 0) is 11.6 Å². The molecule has 0 fully saturated rings. The minimum Gasteiger partial charge on any atom is -0.274 e. The van der Waals surface area contributed by atoms with Gasteiger partial charge < -0.3 is 0 Å². The van der Waals surface area contributed by atoms with E-state index in [1.165, 1.54) is 10.7 Å². The van der Waals surface area contributed by atoms with Gasteiger partial charge in [-0.2, -0.15) is 5.10 Å². The Morgan fingerprint density at radius 3 is 2.53 bits per heavy atom. The number of anilines is 1. The van der Waals surface area contributed by atoms with Gasteiger partial charge in [0.25, 0.3) is 10.0 Å². The van der Waals surface area contributed by atoms with Gasteiger partial charge in [0, 0.05) is 19.3 Å². The lowest BCUT2D eigenvalue weighted by atomic mass is 10.7. The summed E-state index contributed by atoms with van der Waals surface area (Å²) >= 11 is 5.47. The van der Waals surface area contributed by atoms with Gasteiger partial charge >= 0.3 is 0 Å². The summed E-state index contributed by atoms with van der Waals surface area (Å²) in [6.45, 7) is 0. The molecule has 0 saturated heterocycles. The van der Waals surface area contributed by atoms with E-state index in [0.29, 0.717) is 0 Å². The van der Waals surface area contributed by atoms with Crippen molar-refractivity contribution < 1.29 is 8.42 Å². The van der Waals surface area contributed by atoms with Crippen LogP contribution in [0.4, 0.5) is 5.82 Å². The molecule has 2 aromatic heterocycles. The summed E-state index contributed by atoms with van der Waals surface area (Å²) in [5.74, 6) is 0.224. The van der Waals surface area contributed by atoms with Crippen LogP contribution in [-0.4, -0.2) is 28.2 Å². The maximum Gasteiger partial charge on any atom is 0.266 e. The maximum absolute atomic E-state index is 11.8. The first-order chi connectivity index (χ1) is 7.97. The van der Waals surface area contributed by atoms with E-state index in [2.05, 4.69) is 19.8 Å².